The summed E-state index contributed by atoms with van der Waals surface area (Å²) in [7, 11) is 1.55. The van der Waals surface area contributed by atoms with Crippen molar-refractivity contribution in [3.8, 4) is 11.4 Å². The Morgan fingerprint density at radius 1 is 1.14 bits per heavy atom. The predicted octanol–water partition coefficient (Wildman–Crippen LogP) is 4.73. The van der Waals surface area contributed by atoms with E-state index in [1.165, 1.54) is 28.5 Å². The molecule has 3 aromatic carbocycles. The molecule has 1 amide bonds. The van der Waals surface area contributed by atoms with Crippen molar-refractivity contribution in [1.29, 1.82) is 0 Å². The van der Waals surface area contributed by atoms with Crippen LogP contribution in [0.15, 0.2) is 76.7 Å². The summed E-state index contributed by atoms with van der Waals surface area (Å²) in [5, 5.41) is 14.6. The minimum Gasteiger partial charge on any atom is -0.497 e. The minimum atomic E-state index is -0.448. The molecule has 0 aliphatic heterocycles. The number of benzene rings is 3. The van der Waals surface area contributed by atoms with E-state index in [4.69, 9.17) is 9.72 Å². The van der Waals surface area contributed by atoms with Crippen molar-refractivity contribution < 1.29 is 14.5 Å². The molecule has 1 N–H and O–H groups in total. The van der Waals surface area contributed by atoms with Crippen LogP contribution in [-0.4, -0.2) is 34.0 Å². The van der Waals surface area contributed by atoms with E-state index in [-0.39, 0.29) is 17.2 Å². The zero-order valence-electron chi connectivity index (χ0n) is 19.8. The van der Waals surface area contributed by atoms with Crippen LogP contribution in [0.25, 0.3) is 16.6 Å². The molecule has 36 heavy (non-hydrogen) atoms. The summed E-state index contributed by atoms with van der Waals surface area (Å²) < 4.78 is 6.85. The average Bonchev–Trinajstić information content (AvgIpc) is 2.90. The number of rotatable bonds is 9. The Kier molecular flexibility index (Phi) is 7.65. The fraction of sp³-hybridized carbons (Fsp3) is 0.192. The number of amides is 1. The minimum absolute atomic E-state index is 0.00903. The molecule has 4 aromatic rings. The number of hydrogen-bond donors (Lipinski definition) is 1. The second-order valence-electron chi connectivity index (χ2n) is 7.94. The zero-order chi connectivity index (χ0) is 25.7. The van der Waals surface area contributed by atoms with E-state index < -0.39 is 4.92 Å². The van der Waals surface area contributed by atoms with Gasteiger partial charge in [0.15, 0.2) is 5.16 Å². The smallest absolute Gasteiger partial charge is 0.269 e. The van der Waals surface area contributed by atoms with Gasteiger partial charge in [-0.3, -0.25) is 24.3 Å². The van der Waals surface area contributed by atoms with Gasteiger partial charge in [0.2, 0.25) is 0 Å². The number of fused-ring (bicyclic) bond motifs is 1. The summed E-state index contributed by atoms with van der Waals surface area (Å²) in [6.45, 7) is 2.52. The van der Waals surface area contributed by atoms with Gasteiger partial charge in [-0.2, -0.15) is 0 Å². The highest BCUT2D eigenvalue weighted by Crippen LogP contribution is 2.27. The Labute approximate surface area is 211 Å². The van der Waals surface area contributed by atoms with Gasteiger partial charge in [-0.1, -0.05) is 36.9 Å². The Balaban J connectivity index is 1.79. The summed E-state index contributed by atoms with van der Waals surface area (Å²) >= 11 is 1.32. The van der Waals surface area contributed by atoms with E-state index in [0.717, 1.165) is 12.0 Å². The van der Waals surface area contributed by atoms with Crippen LogP contribution in [0.2, 0.25) is 0 Å². The molecule has 4 rings (SSSR count). The van der Waals surface area contributed by atoms with Crippen molar-refractivity contribution in [2.75, 3.05) is 13.7 Å². The van der Waals surface area contributed by atoms with Gasteiger partial charge in [0.25, 0.3) is 17.2 Å². The molecule has 0 saturated heterocycles. The molecule has 1 heterocycles. The fourth-order valence-electron chi connectivity index (χ4n) is 3.58. The number of nitro groups is 1. The zero-order valence-corrected chi connectivity index (χ0v) is 20.6. The van der Waals surface area contributed by atoms with Crippen LogP contribution in [0.4, 0.5) is 5.69 Å². The standard InChI is InChI=1S/C26H24N4O5S/c1-3-13-27-24(31)18-9-12-22-23(14-18)28-26(36-16-17-7-10-19(11-8-17)30(33)34)29(25(22)32)20-5-4-6-21(15-20)35-2/h4-12,14-15H,3,13,16H2,1-2H3,(H,27,31). The number of nitrogens with one attached hydrogen (secondary N) is 1. The van der Waals surface area contributed by atoms with Crippen molar-refractivity contribution >= 4 is 34.3 Å². The number of thioether (sulfide) groups is 1. The Bertz CT molecular complexity index is 1480. The summed E-state index contributed by atoms with van der Waals surface area (Å²) in [5.74, 6) is 0.794. The first-order valence-corrected chi connectivity index (χ1v) is 12.3. The number of hydrogen-bond acceptors (Lipinski definition) is 7. The number of aromatic nitrogens is 2. The highest BCUT2D eigenvalue weighted by atomic mass is 32.2. The summed E-state index contributed by atoms with van der Waals surface area (Å²) in [6, 6.07) is 18.2. The average molecular weight is 505 g/mol. The number of nitro benzene ring substituents is 1. The molecule has 9 nitrogen and oxygen atoms in total. The third-order valence-electron chi connectivity index (χ3n) is 5.46. The van der Waals surface area contributed by atoms with E-state index >= 15 is 0 Å². The van der Waals surface area contributed by atoms with Gasteiger partial charge in [-0.25, -0.2) is 4.98 Å². The van der Waals surface area contributed by atoms with Crippen LogP contribution < -0.4 is 15.6 Å². The number of non-ortho nitro benzene ring substituents is 1. The molecular formula is C26H24N4O5S. The lowest BCUT2D eigenvalue weighted by Gasteiger charge is -2.14. The lowest BCUT2D eigenvalue weighted by molar-refractivity contribution is -0.384. The number of ether oxygens (including phenoxy) is 1. The van der Waals surface area contributed by atoms with Gasteiger partial charge < -0.3 is 10.1 Å². The molecule has 0 radical (unpaired) electrons. The van der Waals surface area contributed by atoms with Gasteiger partial charge >= 0.3 is 0 Å². The second-order valence-corrected chi connectivity index (χ2v) is 8.88. The lowest BCUT2D eigenvalue weighted by Crippen LogP contribution is -2.25. The molecule has 0 spiro atoms. The molecular weight excluding hydrogens is 480 g/mol. The third kappa shape index (κ3) is 5.38. The Morgan fingerprint density at radius 2 is 1.92 bits per heavy atom. The van der Waals surface area contributed by atoms with Crippen LogP contribution in [0.3, 0.4) is 0 Å². The van der Waals surface area contributed by atoms with Crippen molar-refractivity contribution in [3.05, 3.63) is 98.3 Å². The highest BCUT2D eigenvalue weighted by Gasteiger charge is 2.16. The molecule has 0 atom stereocenters. The first kappa shape index (κ1) is 24.9. The van der Waals surface area contributed by atoms with Crippen LogP contribution in [0, 0.1) is 10.1 Å². The maximum atomic E-state index is 13.6. The number of carbonyl (C=O) groups is 1. The molecule has 0 bridgehead atoms. The van der Waals surface area contributed by atoms with Crippen LogP contribution in [-0.2, 0) is 5.75 Å². The summed E-state index contributed by atoms with van der Waals surface area (Å²) in [6.07, 6.45) is 0.812. The number of methoxy groups -OCH3 is 1. The molecule has 10 heteroatoms. The van der Waals surface area contributed by atoms with Crippen molar-refractivity contribution in [2.45, 2.75) is 24.3 Å². The molecule has 184 valence electrons. The molecule has 0 saturated carbocycles. The van der Waals surface area contributed by atoms with E-state index in [0.29, 0.717) is 45.4 Å². The van der Waals surface area contributed by atoms with Gasteiger partial charge in [-0.05, 0) is 42.3 Å². The SMILES string of the molecule is CCCNC(=O)c1ccc2c(=O)n(-c3cccc(OC)c3)c(SCc3ccc([N+](=O)[O-])cc3)nc2c1. The quantitative estimate of drug-likeness (QED) is 0.152. The summed E-state index contributed by atoms with van der Waals surface area (Å²) in [5.41, 5.74) is 1.99. The van der Waals surface area contributed by atoms with Gasteiger partial charge in [0.1, 0.15) is 5.75 Å². The Morgan fingerprint density at radius 3 is 2.61 bits per heavy atom. The van der Waals surface area contributed by atoms with Gasteiger partial charge in [0.05, 0.1) is 28.6 Å². The number of carbonyl (C=O) groups excluding carboxylic acids is 1. The topological polar surface area (TPSA) is 116 Å². The van der Waals surface area contributed by atoms with Crippen LogP contribution >= 0.6 is 11.8 Å². The van der Waals surface area contributed by atoms with Crippen molar-refractivity contribution in [3.63, 3.8) is 0 Å². The molecule has 1 aromatic heterocycles. The maximum absolute atomic E-state index is 13.6. The summed E-state index contributed by atoms with van der Waals surface area (Å²) in [4.78, 5) is 41.4. The normalized spacial score (nSPS) is 10.8. The van der Waals surface area contributed by atoms with Crippen LogP contribution in [0.5, 0.6) is 5.75 Å². The van der Waals surface area contributed by atoms with Gasteiger partial charge in [-0.15, -0.1) is 0 Å². The molecule has 0 fully saturated rings. The van der Waals surface area contributed by atoms with E-state index in [2.05, 4.69) is 5.32 Å². The molecule has 0 aliphatic carbocycles. The maximum Gasteiger partial charge on any atom is 0.269 e. The fourth-order valence-corrected chi connectivity index (χ4v) is 4.55. The monoisotopic (exact) mass is 504 g/mol. The first-order chi connectivity index (χ1) is 17.4. The third-order valence-corrected chi connectivity index (χ3v) is 6.47. The van der Waals surface area contributed by atoms with E-state index in [1.54, 1.807) is 61.7 Å². The van der Waals surface area contributed by atoms with Crippen molar-refractivity contribution in [2.24, 2.45) is 0 Å². The van der Waals surface area contributed by atoms with Crippen LogP contribution in [0.1, 0.15) is 29.3 Å². The largest absolute Gasteiger partial charge is 0.497 e. The first-order valence-electron chi connectivity index (χ1n) is 11.3. The molecule has 0 unspecified atom stereocenters. The Hall–Kier alpha value is -4.18. The second kappa shape index (κ2) is 11.0. The van der Waals surface area contributed by atoms with E-state index in [9.17, 15) is 19.7 Å². The van der Waals surface area contributed by atoms with E-state index in [1.807, 2.05) is 6.92 Å². The number of nitrogens with zero attached hydrogens (tertiary/aromatic N) is 3. The lowest BCUT2D eigenvalue weighted by atomic mass is 10.1. The van der Waals surface area contributed by atoms with Crippen molar-refractivity contribution in [1.82, 2.24) is 14.9 Å². The predicted molar refractivity (Wildman–Crippen MR) is 139 cm³/mol. The highest BCUT2D eigenvalue weighted by molar-refractivity contribution is 7.98. The van der Waals surface area contributed by atoms with Gasteiger partial charge in [0, 0.05) is 36.1 Å². The molecule has 0 aliphatic rings.